The Morgan fingerprint density at radius 1 is 1.06 bits per heavy atom. The van der Waals surface area contributed by atoms with E-state index in [4.69, 9.17) is 9.47 Å². The van der Waals surface area contributed by atoms with Gasteiger partial charge < -0.3 is 25.4 Å². The Bertz CT molecular complexity index is 802. The van der Waals surface area contributed by atoms with Crippen molar-refractivity contribution >= 4 is 31.9 Å². The first-order chi connectivity index (χ1) is 15.7. The Balaban J connectivity index is 2.47. The number of hydrogen-bond acceptors (Lipinski definition) is 5. The normalized spacial score (nSPS) is 12.4. The van der Waals surface area contributed by atoms with E-state index in [1.54, 1.807) is 20.8 Å². The van der Waals surface area contributed by atoms with E-state index in [9.17, 15) is 14.4 Å². The molecule has 1 atom stereocenters. The van der Waals surface area contributed by atoms with Gasteiger partial charge in [0.2, 0.25) is 0 Å². The van der Waals surface area contributed by atoms with Crippen LogP contribution >= 0.6 is 0 Å². The van der Waals surface area contributed by atoms with Gasteiger partial charge in [0.25, 0.3) is 0 Å². The fourth-order valence-electron chi connectivity index (χ4n) is 3.03. The van der Waals surface area contributed by atoms with Crippen molar-refractivity contribution < 1.29 is 23.9 Å². The van der Waals surface area contributed by atoms with Gasteiger partial charge in [-0.2, -0.15) is 0 Å². The topological polar surface area (TPSA) is 106 Å². The van der Waals surface area contributed by atoms with Crippen LogP contribution in [0, 0.1) is 6.92 Å². The molecule has 192 valence electrons. The van der Waals surface area contributed by atoms with Crippen LogP contribution in [0.1, 0.15) is 52.0 Å². The summed E-state index contributed by atoms with van der Waals surface area (Å²) in [5.74, 6) is -0.324. The van der Waals surface area contributed by atoms with Gasteiger partial charge in [-0.15, -0.1) is 0 Å². The number of aryl methyl sites for hydroxylation is 1. The van der Waals surface area contributed by atoms with E-state index in [1.807, 2.05) is 31.2 Å². The highest BCUT2D eigenvalue weighted by Crippen LogP contribution is 2.14. The molecular weight excluding hydrogens is 450 g/mol. The predicted octanol–water partition coefficient (Wildman–Crippen LogP) is 5.45. The average molecular weight is 494 g/mol. The summed E-state index contributed by atoms with van der Waals surface area (Å²) in [5.41, 5.74) is 1.14. The molecule has 34 heavy (non-hydrogen) atoms. The van der Waals surface area contributed by atoms with Crippen molar-refractivity contribution in [3.05, 3.63) is 29.8 Å². The molecule has 1 aromatic rings. The number of anilines is 1. The monoisotopic (exact) mass is 493 g/mol. The molecule has 9 heteroatoms. The zero-order valence-corrected chi connectivity index (χ0v) is 22.9. The SMILES string of the molecule is Cc1ccccc1NC(=O)NCCCC[C@@H](CC(=O)OCC[Si](C)(C)C)NC(=O)OC(C)(C)C. The number of carbonyl (C=O) groups excluding carboxylic acids is 3. The smallest absolute Gasteiger partial charge is 0.407 e. The molecule has 8 nitrogen and oxygen atoms in total. The van der Waals surface area contributed by atoms with Crippen LogP contribution in [0.25, 0.3) is 0 Å². The molecule has 0 aromatic heterocycles. The zero-order chi connectivity index (χ0) is 25.8. The number of esters is 1. The maximum atomic E-state index is 12.3. The van der Waals surface area contributed by atoms with Crippen LogP contribution < -0.4 is 16.0 Å². The molecule has 0 bridgehead atoms. The average Bonchev–Trinajstić information content (AvgIpc) is 2.66. The maximum absolute atomic E-state index is 12.3. The minimum Gasteiger partial charge on any atom is -0.466 e. The molecule has 0 saturated heterocycles. The van der Waals surface area contributed by atoms with E-state index >= 15 is 0 Å². The van der Waals surface area contributed by atoms with Gasteiger partial charge in [0.1, 0.15) is 5.60 Å². The molecule has 0 aliphatic rings. The van der Waals surface area contributed by atoms with Crippen molar-refractivity contribution in [2.75, 3.05) is 18.5 Å². The van der Waals surface area contributed by atoms with E-state index in [1.165, 1.54) is 0 Å². The van der Waals surface area contributed by atoms with Gasteiger partial charge in [0.05, 0.1) is 13.0 Å². The Morgan fingerprint density at radius 2 is 1.74 bits per heavy atom. The maximum Gasteiger partial charge on any atom is 0.407 e. The molecule has 0 aliphatic heterocycles. The lowest BCUT2D eigenvalue weighted by Crippen LogP contribution is -2.40. The first-order valence-electron chi connectivity index (χ1n) is 12.0. The summed E-state index contributed by atoms with van der Waals surface area (Å²) in [6.07, 6.45) is 1.53. The van der Waals surface area contributed by atoms with Crippen molar-refractivity contribution in [2.24, 2.45) is 0 Å². The molecule has 0 fully saturated rings. The van der Waals surface area contributed by atoms with Crippen molar-refractivity contribution in [1.29, 1.82) is 0 Å². The van der Waals surface area contributed by atoms with Gasteiger partial charge in [0, 0.05) is 26.3 Å². The van der Waals surface area contributed by atoms with E-state index in [2.05, 4.69) is 35.6 Å². The molecule has 0 radical (unpaired) electrons. The summed E-state index contributed by atoms with van der Waals surface area (Å²) in [6.45, 7) is 14.9. The number of carbonyl (C=O) groups is 3. The lowest BCUT2D eigenvalue weighted by atomic mass is 10.1. The molecule has 0 aliphatic carbocycles. The number of urea groups is 1. The number of alkyl carbamates (subject to hydrolysis) is 1. The number of unbranched alkanes of at least 4 members (excludes halogenated alkanes) is 1. The largest absolute Gasteiger partial charge is 0.466 e. The third kappa shape index (κ3) is 14.6. The van der Waals surface area contributed by atoms with Crippen LogP contribution in [0.4, 0.5) is 15.3 Å². The molecule has 0 unspecified atom stereocenters. The van der Waals surface area contributed by atoms with Crippen molar-refractivity contribution in [1.82, 2.24) is 10.6 Å². The number of hydrogen-bond donors (Lipinski definition) is 3. The number of benzene rings is 1. The summed E-state index contributed by atoms with van der Waals surface area (Å²) in [4.78, 5) is 36.7. The fourth-order valence-corrected chi connectivity index (χ4v) is 3.74. The standard InChI is InChI=1S/C25H43N3O5Si/c1-19-12-8-9-14-21(19)28-23(30)26-15-11-10-13-20(27-24(31)33-25(2,3)4)18-22(29)32-16-17-34(5,6)7/h8-9,12,14,20H,10-11,13,15-18H2,1-7H3,(H,27,31)(H2,26,28,30)/t20-/m0/s1. The third-order valence-electron chi connectivity index (χ3n) is 4.91. The highest BCUT2D eigenvalue weighted by Gasteiger charge is 2.22. The van der Waals surface area contributed by atoms with E-state index < -0.39 is 25.8 Å². The van der Waals surface area contributed by atoms with Gasteiger partial charge in [0.15, 0.2) is 0 Å². The van der Waals surface area contributed by atoms with Crippen LogP contribution in [0.2, 0.25) is 25.7 Å². The van der Waals surface area contributed by atoms with Gasteiger partial charge in [-0.05, 0) is 64.6 Å². The quantitative estimate of drug-likeness (QED) is 0.204. The molecule has 1 aromatic carbocycles. The van der Waals surface area contributed by atoms with E-state index in [0.717, 1.165) is 17.3 Å². The summed E-state index contributed by atoms with van der Waals surface area (Å²) in [5, 5.41) is 8.47. The zero-order valence-electron chi connectivity index (χ0n) is 21.9. The minimum atomic E-state index is -1.29. The molecule has 0 heterocycles. The molecule has 3 N–H and O–H groups in total. The second kappa shape index (κ2) is 14.0. The fraction of sp³-hybridized carbons (Fsp3) is 0.640. The molecule has 0 saturated carbocycles. The van der Waals surface area contributed by atoms with Crippen molar-refractivity contribution in [3.63, 3.8) is 0 Å². The van der Waals surface area contributed by atoms with Crippen LogP contribution in [-0.2, 0) is 14.3 Å². The van der Waals surface area contributed by atoms with Gasteiger partial charge in [-0.3, -0.25) is 4.79 Å². The Hall–Kier alpha value is -2.55. The van der Waals surface area contributed by atoms with Crippen molar-refractivity contribution in [2.45, 2.75) is 90.7 Å². The highest BCUT2D eigenvalue weighted by atomic mass is 28.3. The summed E-state index contributed by atoms with van der Waals surface area (Å²) in [7, 11) is -1.29. The predicted molar refractivity (Wildman–Crippen MR) is 139 cm³/mol. The van der Waals surface area contributed by atoms with Crippen molar-refractivity contribution in [3.8, 4) is 0 Å². The number of para-hydroxylation sites is 1. The van der Waals surface area contributed by atoms with Gasteiger partial charge in [-0.1, -0.05) is 37.8 Å². The Morgan fingerprint density at radius 3 is 2.35 bits per heavy atom. The lowest BCUT2D eigenvalue weighted by molar-refractivity contribution is -0.143. The first-order valence-corrected chi connectivity index (χ1v) is 15.7. The molecular formula is C25H43N3O5Si. The highest BCUT2D eigenvalue weighted by molar-refractivity contribution is 6.76. The second-order valence-corrected chi connectivity index (χ2v) is 16.4. The first kappa shape index (κ1) is 29.5. The number of ether oxygens (including phenoxy) is 2. The molecule has 1 rings (SSSR count). The molecule has 3 amide bonds. The van der Waals surface area contributed by atoms with E-state index in [-0.39, 0.29) is 18.4 Å². The molecule has 0 spiro atoms. The Labute approximate surface area is 205 Å². The lowest BCUT2D eigenvalue weighted by Gasteiger charge is -2.23. The number of amides is 3. The minimum absolute atomic E-state index is 0.0894. The Kier molecular flexibility index (Phi) is 12.1. The van der Waals surface area contributed by atoms with Crippen LogP contribution in [0.5, 0.6) is 0 Å². The van der Waals surface area contributed by atoms with Gasteiger partial charge in [-0.25, -0.2) is 9.59 Å². The number of nitrogens with one attached hydrogen (secondary N) is 3. The summed E-state index contributed by atoms with van der Waals surface area (Å²) >= 11 is 0. The summed E-state index contributed by atoms with van der Waals surface area (Å²) < 4.78 is 10.7. The third-order valence-corrected chi connectivity index (χ3v) is 6.61. The van der Waals surface area contributed by atoms with Gasteiger partial charge >= 0.3 is 18.1 Å². The van der Waals surface area contributed by atoms with E-state index in [0.29, 0.717) is 32.4 Å². The van der Waals surface area contributed by atoms with Crippen LogP contribution in [0.15, 0.2) is 24.3 Å². The van der Waals surface area contributed by atoms with Crippen LogP contribution in [0.3, 0.4) is 0 Å². The summed E-state index contributed by atoms with van der Waals surface area (Å²) in [6, 6.07) is 7.82. The van der Waals surface area contributed by atoms with Crippen LogP contribution in [-0.4, -0.2) is 51.0 Å². The second-order valence-electron chi connectivity index (χ2n) is 10.8. The number of rotatable bonds is 12.